The number of rotatable bonds is 9. The van der Waals surface area contributed by atoms with Crippen LogP contribution >= 0.6 is 0 Å². The van der Waals surface area contributed by atoms with Gasteiger partial charge in [0.2, 0.25) is 0 Å². The van der Waals surface area contributed by atoms with Gasteiger partial charge in [-0.2, -0.15) is 0 Å². The maximum absolute atomic E-state index is 11.5. The first kappa shape index (κ1) is 28.6. The second kappa shape index (κ2) is 11.2. The van der Waals surface area contributed by atoms with E-state index < -0.39 is 55.3 Å². The highest BCUT2D eigenvalue weighted by Gasteiger charge is 2.50. The first-order chi connectivity index (χ1) is 16.3. The Hall–Kier alpha value is -0.990. The van der Waals surface area contributed by atoms with Crippen molar-refractivity contribution in [2.45, 2.75) is 108 Å². The van der Waals surface area contributed by atoms with Crippen LogP contribution in [0.5, 0.6) is 0 Å². The molecular weight excluding hydrogens is 464 g/mol. The zero-order valence-electron chi connectivity index (χ0n) is 20.8. The van der Waals surface area contributed by atoms with Gasteiger partial charge < -0.3 is 54.4 Å². The molecule has 3 aliphatic rings. The van der Waals surface area contributed by atoms with Gasteiger partial charge in [-0.3, -0.25) is 0 Å². The lowest BCUT2D eigenvalue weighted by molar-refractivity contribution is -0.320. The van der Waals surface area contributed by atoms with Crippen LogP contribution in [0.4, 0.5) is 0 Å². The lowest BCUT2D eigenvalue weighted by Crippen LogP contribution is -2.60. The van der Waals surface area contributed by atoms with E-state index in [0.29, 0.717) is 25.7 Å². The van der Waals surface area contributed by atoms with Gasteiger partial charge in [-0.25, -0.2) is 0 Å². The molecule has 9 atom stereocenters. The summed E-state index contributed by atoms with van der Waals surface area (Å²) in [6.07, 6.45) is -7.67. The van der Waals surface area contributed by atoms with Gasteiger partial charge in [0.25, 0.3) is 0 Å². The van der Waals surface area contributed by atoms with Crippen molar-refractivity contribution in [3.8, 4) is 0 Å². The molecule has 0 aromatic heterocycles. The topological polar surface area (TPSA) is 175 Å². The van der Waals surface area contributed by atoms with Crippen LogP contribution in [0.15, 0.2) is 11.1 Å². The van der Waals surface area contributed by atoms with E-state index in [-0.39, 0.29) is 30.5 Å². The molecule has 2 fully saturated rings. The lowest BCUT2D eigenvalue weighted by atomic mass is 9.70. The summed E-state index contributed by atoms with van der Waals surface area (Å²) in [6.45, 7) is 6.34. The van der Waals surface area contributed by atoms with Gasteiger partial charge in [0.1, 0.15) is 41.9 Å². The fraction of sp³-hybridized carbons (Fsp3) is 0.875. The van der Waals surface area contributed by atoms with Crippen LogP contribution in [0.2, 0.25) is 0 Å². The molecule has 6 N–H and O–H groups in total. The third-order valence-corrected chi connectivity index (χ3v) is 7.33. The smallest absolute Gasteiger partial charge is 0.186 e. The molecule has 2 saturated heterocycles. The van der Waals surface area contributed by atoms with Crippen LogP contribution in [-0.2, 0) is 23.7 Å². The molecule has 0 radical (unpaired) electrons. The van der Waals surface area contributed by atoms with Crippen molar-refractivity contribution >= 4 is 5.78 Å². The van der Waals surface area contributed by atoms with Crippen molar-refractivity contribution in [1.29, 1.82) is 0 Å². The molecule has 0 aromatic rings. The quantitative estimate of drug-likeness (QED) is 0.216. The molecule has 0 amide bonds. The summed E-state index contributed by atoms with van der Waals surface area (Å²) in [5.74, 6) is 0.135. The number of hydrogen-bond acceptors (Lipinski definition) is 11. The number of ether oxygens (including phenoxy) is 4. The minimum atomic E-state index is -1.86. The highest BCUT2D eigenvalue weighted by atomic mass is 16.7. The van der Waals surface area contributed by atoms with Gasteiger partial charge in [0.05, 0.1) is 25.9 Å². The fourth-order valence-corrected chi connectivity index (χ4v) is 5.24. The first-order valence-corrected chi connectivity index (χ1v) is 12.1. The average Bonchev–Trinajstić information content (AvgIpc) is 3.06. The first-order valence-electron chi connectivity index (χ1n) is 12.1. The maximum Gasteiger partial charge on any atom is 0.186 e. The lowest BCUT2D eigenvalue weighted by Gasteiger charge is -2.44. The molecule has 1 aliphatic carbocycles. The molecule has 0 saturated carbocycles. The Kier molecular flexibility index (Phi) is 9.13. The van der Waals surface area contributed by atoms with E-state index in [4.69, 9.17) is 18.9 Å². The zero-order chi connectivity index (χ0) is 26.1. The van der Waals surface area contributed by atoms with Gasteiger partial charge in [-0.1, -0.05) is 25.0 Å². The van der Waals surface area contributed by atoms with Crippen molar-refractivity contribution in [3.63, 3.8) is 0 Å². The van der Waals surface area contributed by atoms with Gasteiger partial charge in [-0.15, -0.1) is 0 Å². The number of ketones is 1. The van der Waals surface area contributed by atoms with Gasteiger partial charge >= 0.3 is 0 Å². The van der Waals surface area contributed by atoms with Crippen molar-refractivity contribution in [3.05, 3.63) is 11.1 Å². The normalized spacial score (nSPS) is 41.9. The van der Waals surface area contributed by atoms with Crippen LogP contribution < -0.4 is 0 Å². The Labute approximate surface area is 205 Å². The zero-order valence-corrected chi connectivity index (χ0v) is 20.8. The largest absolute Gasteiger partial charge is 0.393 e. The molecule has 0 bridgehead atoms. The van der Waals surface area contributed by atoms with Crippen LogP contribution in [0.3, 0.4) is 0 Å². The summed E-state index contributed by atoms with van der Waals surface area (Å²) >= 11 is 0. The Bertz CT molecular complexity index is 783. The van der Waals surface area contributed by atoms with Crippen molar-refractivity contribution < 1.29 is 54.4 Å². The Morgan fingerprint density at radius 2 is 1.80 bits per heavy atom. The second-order valence-corrected chi connectivity index (χ2v) is 10.7. The van der Waals surface area contributed by atoms with Gasteiger partial charge in [0, 0.05) is 6.42 Å². The summed E-state index contributed by atoms with van der Waals surface area (Å²) in [5.41, 5.74) is 0.238. The third-order valence-electron chi connectivity index (χ3n) is 7.33. The standard InChI is InChI=1S/C24H40O11/c1-12-7-14(8-23(3,4)15(12)6-5-13(2)26)34-21-19(29)18(28)17(27)16(35-21)9-32-22-20(30)24(31,10-25)11-33-22/h14,16-22,25,27-31H,5-11H2,1-4H3/t14-,16+,17+,18-,19+,20+,21+,22-,24-/m0/s1. The van der Waals surface area contributed by atoms with Crippen molar-refractivity contribution in [2.75, 3.05) is 19.8 Å². The average molecular weight is 505 g/mol. The maximum atomic E-state index is 11.5. The summed E-state index contributed by atoms with van der Waals surface area (Å²) in [6, 6.07) is 0. The summed E-state index contributed by atoms with van der Waals surface area (Å²) in [7, 11) is 0. The van der Waals surface area contributed by atoms with E-state index in [1.54, 1.807) is 6.92 Å². The Morgan fingerprint density at radius 1 is 1.11 bits per heavy atom. The summed E-state index contributed by atoms with van der Waals surface area (Å²) in [5, 5.41) is 60.7. The molecule has 11 nitrogen and oxygen atoms in total. The van der Waals surface area contributed by atoms with E-state index in [1.807, 2.05) is 6.92 Å². The summed E-state index contributed by atoms with van der Waals surface area (Å²) < 4.78 is 22.4. The minimum absolute atomic E-state index is 0.135. The Balaban J connectivity index is 1.63. The predicted octanol–water partition coefficient (Wildman–Crippen LogP) is -0.858. The molecule has 35 heavy (non-hydrogen) atoms. The van der Waals surface area contributed by atoms with E-state index in [9.17, 15) is 35.4 Å². The number of aliphatic hydroxyl groups excluding tert-OH is 5. The highest BCUT2D eigenvalue weighted by Crippen LogP contribution is 2.44. The van der Waals surface area contributed by atoms with Crippen LogP contribution in [0, 0.1) is 5.41 Å². The molecular formula is C24H40O11. The highest BCUT2D eigenvalue weighted by molar-refractivity contribution is 5.75. The molecule has 11 heteroatoms. The fourth-order valence-electron chi connectivity index (χ4n) is 5.24. The van der Waals surface area contributed by atoms with Gasteiger partial charge in [0.15, 0.2) is 12.6 Å². The van der Waals surface area contributed by atoms with E-state index in [0.717, 1.165) is 5.57 Å². The van der Waals surface area contributed by atoms with E-state index in [2.05, 4.69) is 13.8 Å². The number of Topliss-reactive ketones (excluding diaryl/α,β-unsaturated/α-hetero) is 1. The molecule has 3 rings (SSSR count). The van der Waals surface area contributed by atoms with Crippen LogP contribution in [-0.4, -0.2) is 111 Å². The second-order valence-electron chi connectivity index (χ2n) is 10.7. The molecule has 2 aliphatic heterocycles. The number of allylic oxidation sites excluding steroid dienone is 1. The summed E-state index contributed by atoms with van der Waals surface area (Å²) in [4.78, 5) is 11.5. The van der Waals surface area contributed by atoms with Crippen LogP contribution in [0.1, 0.15) is 53.4 Å². The SMILES string of the molecule is CC(=O)CCC1=C(C)C[C@H](O[C@@H]2O[C@H](CO[C@H]3OC[C@@](O)(CO)[C@@H]3O)[C@@H](O)[C@H](O)[C@H]2O)CC1(C)C. The van der Waals surface area contributed by atoms with E-state index >= 15 is 0 Å². The monoisotopic (exact) mass is 504 g/mol. The number of carbonyl (C=O) groups is 1. The third kappa shape index (κ3) is 6.30. The van der Waals surface area contributed by atoms with Crippen molar-refractivity contribution in [1.82, 2.24) is 0 Å². The van der Waals surface area contributed by atoms with Crippen molar-refractivity contribution in [2.24, 2.45) is 5.41 Å². The molecule has 2 heterocycles. The van der Waals surface area contributed by atoms with Gasteiger partial charge in [-0.05, 0) is 38.5 Å². The van der Waals surface area contributed by atoms with Crippen LogP contribution in [0.25, 0.3) is 0 Å². The number of hydrogen-bond donors (Lipinski definition) is 6. The Morgan fingerprint density at radius 3 is 2.37 bits per heavy atom. The minimum Gasteiger partial charge on any atom is -0.393 e. The molecule has 0 aromatic carbocycles. The molecule has 0 spiro atoms. The predicted molar refractivity (Wildman–Crippen MR) is 121 cm³/mol. The number of aliphatic hydroxyl groups is 6. The molecule has 0 unspecified atom stereocenters. The molecule has 202 valence electrons. The van der Waals surface area contributed by atoms with E-state index in [1.165, 1.54) is 5.57 Å². The number of carbonyl (C=O) groups excluding carboxylic acids is 1.